The number of nitrogens with two attached hydrogens (primary N) is 1. The van der Waals surface area contributed by atoms with Crippen molar-refractivity contribution in [3.8, 4) is 0 Å². The Morgan fingerprint density at radius 2 is 2.11 bits per heavy atom. The van der Waals surface area contributed by atoms with Crippen LogP contribution >= 0.6 is 0 Å². The Bertz CT molecular complexity index is 416. The number of anilines is 1. The molecule has 1 atom stereocenters. The van der Waals surface area contributed by atoms with Gasteiger partial charge in [0.15, 0.2) is 0 Å². The number of rotatable bonds is 5. The SMILES string of the molecule is Cc1cc(N)ccc1C(=O)NC(C)CCN(C)C. The minimum atomic E-state index is -0.0289. The van der Waals surface area contributed by atoms with Gasteiger partial charge in [0.25, 0.3) is 5.91 Å². The highest BCUT2D eigenvalue weighted by atomic mass is 16.1. The molecule has 4 heteroatoms. The fourth-order valence-corrected chi connectivity index (χ4v) is 1.77. The molecule has 18 heavy (non-hydrogen) atoms. The van der Waals surface area contributed by atoms with Gasteiger partial charge in [0.1, 0.15) is 0 Å². The first-order valence-corrected chi connectivity index (χ1v) is 6.22. The summed E-state index contributed by atoms with van der Waals surface area (Å²) in [6.07, 6.45) is 0.937. The van der Waals surface area contributed by atoms with E-state index in [1.54, 1.807) is 12.1 Å². The van der Waals surface area contributed by atoms with Crippen LogP contribution in [-0.4, -0.2) is 37.5 Å². The van der Waals surface area contributed by atoms with E-state index in [1.165, 1.54) is 0 Å². The molecule has 3 N–H and O–H groups in total. The molecule has 100 valence electrons. The Morgan fingerprint density at radius 1 is 1.44 bits per heavy atom. The van der Waals surface area contributed by atoms with Crippen molar-refractivity contribution in [3.05, 3.63) is 29.3 Å². The Balaban J connectivity index is 2.59. The van der Waals surface area contributed by atoms with Gasteiger partial charge in [-0.05, 0) is 64.7 Å². The third kappa shape index (κ3) is 4.37. The molecule has 0 aliphatic rings. The van der Waals surface area contributed by atoms with Gasteiger partial charge in [-0.25, -0.2) is 0 Å². The van der Waals surface area contributed by atoms with Crippen LogP contribution in [0, 0.1) is 6.92 Å². The Labute approximate surface area is 109 Å². The molecule has 0 aromatic heterocycles. The minimum absolute atomic E-state index is 0.0289. The number of benzene rings is 1. The van der Waals surface area contributed by atoms with E-state index in [0.29, 0.717) is 11.3 Å². The van der Waals surface area contributed by atoms with Crippen molar-refractivity contribution in [2.45, 2.75) is 26.3 Å². The molecule has 0 aliphatic heterocycles. The standard InChI is InChI=1S/C14H23N3O/c1-10-9-12(15)5-6-13(10)14(18)16-11(2)7-8-17(3)4/h5-6,9,11H,7-8,15H2,1-4H3,(H,16,18). The summed E-state index contributed by atoms with van der Waals surface area (Å²) >= 11 is 0. The Morgan fingerprint density at radius 3 is 2.67 bits per heavy atom. The fourth-order valence-electron chi connectivity index (χ4n) is 1.77. The monoisotopic (exact) mass is 249 g/mol. The van der Waals surface area contributed by atoms with E-state index in [1.807, 2.05) is 34.0 Å². The van der Waals surface area contributed by atoms with Crippen LogP contribution in [0.15, 0.2) is 18.2 Å². The lowest BCUT2D eigenvalue weighted by Crippen LogP contribution is -2.35. The molecule has 0 fully saturated rings. The topological polar surface area (TPSA) is 58.4 Å². The summed E-state index contributed by atoms with van der Waals surface area (Å²) in [6, 6.07) is 5.52. The highest BCUT2D eigenvalue weighted by molar-refractivity contribution is 5.96. The largest absolute Gasteiger partial charge is 0.399 e. The van der Waals surface area contributed by atoms with Crippen molar-refractivity contribution in [3.63, 3.8) is 0 Å². The second kappa shape index (κ2) is 6.40. The molecule has 4 nitrogen and oxygen atoms in total. The summed E-state index contributed by atoms with van der Waals surface area (Å²) in [5.41, 5.74) is 7.96. The quantitative estimate of drug-likeness (QED) is 0.780. The molecule has 0 saturated heterocycles. The van der Waals surface area contributed by atoms with Gasteiger partial charge in [0, 0.05) is 17.3 Å². The second-order valence-corrected chi connectivity index (χ2v) is 5.04. The highest BCUT2D eigenvalue weighted by Crippen LogP contribution is 2.12. The van der Waals surface area contributed by atoms with Gasteiger partial charge in [-0.2, -0.15) is 0 Å². The first-order chi connectivity index (χ1) is 8.40. The molecule has 0 saturated carbocycles. The molecule has 1 aromatic rings. The summed E-state index contributed by atoms with van der Waals surface area (Å²) in [4.78, 5) is 14.2. The summed E-state index contributed by atoms with van der Waals surface area (Å²) in [7, 11) is 4.05. The maximum atomic E-state index is 12.1. The average molecular weight is 249 g/mol. The number of carbonyl (C=O) groups excluding carboxylic acids is 1. The van der Waals surface area contributed by atoms with Crippen LogP contribution in [-0.2, 0) is 0 Å². The maximum Gasteiger partial charge on any atom is 0.251 e. The van der Waals surface area contributed by atoms with E-state index < -0.39 is 0 Å². The first-order valence-electron chi connectivity index (χ1n) is 6.22. The van der Waals surface area contributed by atoms with Crippen LogP contribution in [0.4, 0.5) is 5.69 Å². The molecular formula is C14H23N3O. The average Bonchev–Trinajstić information content (AvgIpc) is 2.26. The molecule has 1 amide bonds. The molecule has 0 aliphatic carbocycles. The normalized spacial score (nSPS) is 12.5. The number of nitrogen functional groups attached to an aromatic ring is 1. The third-order valence-electron chi connectivity index (χ3n) is 2.88. The van der Waals surface area contributed by atoms with Gasteiger partial charge in [0.05, 0.1) is 0 Å². The number of nitrogens with one attached hydrogen (secondary N) is 1. The number of hydrogen-bond acceptors (Lipinski definition) is 3. The van der Waals surface area contributed by atoms with Crippen molar-refractivity contribution >= 4 is 11.6 Å². The maximum absolute atomic E-state index is 12.1. The van der Waals surface area contributed by atoms with Crippen LogP contribution in [0.2, 0.25) is 0 Å². The van der Waals surface area contributed by atoms with Gasteiger partial charge in [-0.1, -0.05) is 0 Å². The van der Waals surface area contributed by atoms with Crippen molar-refractivity contribution in [2.75, 3.05) is 26.4 Å². The lowest BCUT2D eigenvalue weighted by atomic mass is 10.1. The van der Waals surface area contributed by atoms with Crippen molar-refractivity contribution in [1.82, 2.24) is 10.2 Å². The van der Waals surface area contributed by atoms with Crippen LogP contribution in [0.25, 0.3) is 0 Å². The number of hydrogen-bond donors (Lipinski definition) is 2. The molecule has 0 radical (unpaired) electrons. The predicted molar refractivity (Wildman–Crippen MR) is 75.7 cm³/mol. The van der Waals surface area contributed by atoms with Gasteiger partial charge in [0.2, 0.25) is 0 Å². The number of carbonyl (C=O) groups is 1. The summed E-state index contributed by atoms with van der Waals surface area (Å²) in [6.45, 7) is 4.88. The molecule has 0 bridgehead atoms. The zero-order valence-electron chi connectivity index (χ0n) is 11.7. The zero-order chi connectivity index (χ0) is 13.7. The smallest absolute Gasteiger partial charge is 0.251 e. The van der Waals surface area contributed by atoms with Gasteiger partial charge < -0.3 is 16.0 Å². The minimum Gasteiger partial charge on any atom is -0.399 e. The van der Waals surface area contributed by atoms with E-state index in [4.69, 9.17) is 5.73 Å². The molecular weight excluding hydrogens is 226 g/mol. The number of aryl methyl sites for hydroxylation is 1. The molecule has 0 spiro atoms. The fraction of sp³-hybridized carbons (Fsp3) is 0.500. The second-order valence-electron chi connectivity index (χ2n) is 5.04. The molecule has 1 rings (SSSR count). The van der Waals surface area contributed by atoms with Crippen molar-refractivity contribution in [2.24, 2.45) is 0 Å². The van der Waals surface area contributed by atoms with Crippen LogP contribution in [0.5, 0.6) is 0 Å². The van der Waals surface area contributed by atoms with E-state index in [0.717, 1.165) is 18.5 Å². The van der Waals surface area contributed by atoms with E-state index >= 15 is 0 Å². The predicted octanol–water partition coefficient (Wildman–Crippen LogP) is 1.65. The summed E-state index contributed by atoms with van der Waals surface area (Å²) < 4.78 is 0. The van der Waals surface area contributed by atoms with Crippen molar-refractivity contribution < 1.29 is 4.79 Å². The zero-order valence-corrected chi connectivity index (χ0v) is 11.7. The molecule has 1 unspecified atom stereocenters. The summed E-state index contributed by atoms with van der Waals surface area (Å²) in [5, 5.41) is 3.01. The Hall–Kier alpha value is -1.55. The van der Waals surface area contributed by atoms with Crippen LogP contribution in [0.3, 0.4) is 0 Å². The highest BCUT2D eigenvalue weighted by Gasteiger charge is 2.12. The van der Waals surface area contributed by atoms with Crippen molar-refractivity contribution in [1.29, 1.82) is 0 Å². The lowest BCUT2D eigenvalue weighted by molar-refractivity contribution is 0.0936. The number of nitrogens with zero attached hydrogens (tertiary/aromatic N) is 1. The van der Waals surface area contributed by atoms with E-state index in [9.17, 15) is 4.79 Å². The Kier molecular flexibility index (Phi) is 5.16. The van der Waals surface area contributed by atoms with Gasteiger partial charge in [-0.3, -0.25) is 4.79 Å². The van der Waals surface area contributed by atoms with E-state index in [-0.39, 0.29) is 11.9 Å². The molecule has 1 aromatic carbocycles. The first kappa shape index (κ1) is 14.5. The van der Waals surface area contributed by atoms with Gasteiger partial charge >= 0.3 is 0 Å². The van der Waals surface area contributed by atoms with E-state index in [2.05, 4.69) is 10.2 Å². The summed E-state index contributed by atoms with van der Waals surface area (Å²) in [5.74, 6) is -0.0289. The third-order valence-corrected chi connectivity index (χ3v) is 2.88. The van der Waals surface area contributed by atoms with Crippen LogP contribution < -0.4 is 11.1 Å². The number of amides is 1. The van der Waals surface area contributed by atoms with Crippen LogP contribution in [0.1, 0.15) is 29.3 Å². The lowest BCUT2D eigenvalue weighted by Gasteiger charge is -2.17. The van der Waals surface area contributed by atoms with Gasteiger partial charge in [-0.15, -0.1) is 0 Å². The molecule has 0 heterocycles.